The molecule has 0 spiro atoms. The van der Waals surface area contributed by atoms with Crippen molar-refractivity contribution < 1.29 is 0 Å². The number of rotatable bonds is 6. The molecule has 0 saturated heterocycles. The van der Waals surface area contributed by atoms with Gasteiger partial charge in [-0.2, -0.15) is 10.1 Å². The second-order valence-electron chi connectivity index (χ2n) is 6.20. The fourth-order valence-electron chi connectivity index (χ4n) is 2.38. The van der Waals surface area contributed by atoms with Gasteiger partial charge in [0.2, 0.25) is 5.95 Å². The minimum absolute atomic E-state index is 0.375. The Kier molecular flexibility index (Phi) is 4.83. The number of hydrogen-bond donors (Lipinski definition) is 4. The largest absolute Gasteiger partial charge is 0.383 e. The van der Waals surface area contributed by atoms with Gasteiger partial charge in [0.15, 0.2) is 0 Å². The average Bonchev–Trinajstić information content (AvgIpc) is 2.87. The van der Waals surface area contributed by atoms with Crippen molar-refractivity contribution in [1.29, 1.82) is 0 Å². The molecule has 7 heteroatoms. The van der Waals surface area contributed by atoms with Crippen molar-refractivity contribution >= 4 is 29.0 Å². The molecule has 25 heavy (non-hydrogen) atoms. The van der Waals surface area contributed by atoms with Crippen LogP contribution < -0.4 is 16.0 Å². The van der Waals surface area contributed by atoms with Crippen molar-refractivity contribution in [3.63, 3.8) is 0 Å². The Balaban J connectivity index is 1.74. The Morgan fingerprint density at radius 1 is 1.04 bits per heavy atom. The molecule has 3 rings (SSSR count). The molecular weight excluding hydrogens is 314 g/mol. The van der Waals surface area contributed by atoms with Crippen LogP contribution in [0, 0.1) is 13.8 Å². The minimum atomic E-state index is 0.375. The van der Waals surface area contributed by atoms with Crippen LogP contribution >= 0.6 is 0 Å². The van der Waals surface area contributed by atoms with Crippen molar-refractivity contribution in [2.24, 2.45) is 0 Å². The van der Waals surface area contributed by atoms with Crippen LogP contribution in [-0.4, -0.2) is 26.2 Å². The highest BCUT2D eigenvalue weighted by Crippen LogP contribution is 2.21. The molecular formula is C18H23N7. The average molecular weight is 337 g/mol. The summed E-state index contributed by atoms with van der Waals surface area (Å²) in [6.07, 6.45) is 1.71. The number of anilines is 5. The van der Waals surface area contributed by atoms with Gasteiger partial charge in [0, 0.05) is 29.2 Å². The summed E-state index contributed by atoms with van der Waals surface area (Å²) in [7, 11) is 0. The lowest BCUT2D eigenvalue weighted by Gasteiger charge is -2.12. The van der Waals surface area contributed by atoms with E-state index in [-0.39, 0.29) is 0 Å². The van der Waals surface area contributed by atoms with Gasteiger partial charge in [-0.05, 0) is 52.0 Å². The topological polar surface area (TPSA) is 90.5 Å². The number of H-pyrrole nitrogens is 1. The Bertz CT molecular complexity index is 854. The third-order valence-corrected chi connectivity index (χ3v) is 3.74. The van der Waals surface area contributed by atoms with Gasteiger partial charge in [0.1, 0.15) is 11.6 Å². The van der Waals surface area contributed by atoms with E-state index in [0.29, 0.717) is 17.8 Å². The van der Waals surface area contributed by atoms with E-state index in [4.69, 9.17) is 0 Å². The maximum atomic E-state index is 4.50. The van der Waals surface area contributed by atoms with E-state index in [0.717, 1.165) is 28.5 Å². The Morgan fingerprint density at radius 3 is 2.56 bits per heavy atom. The Labute approximate surface area is 147 Å². The van der Waals surface area contributed by atoms with Gasteiger partial charge in [0.25, 0.3) is 0 Å². The zero-order valence-electron chi connectivity index (χ0n) is 14.9. The predicted octanol–water partition coefficient (Wildman–Crippen LogP) is 4.12. The smallest absolute Gasteiger partial charge is 0.229 e. The number of aromatic amines is 1. The number of benzene rings is 1. The van der Waals surface area contributed by atoms with Crippen LogP contribution in [0.5, 0.6) is 0 Å². The quantitative estimate of drug-likeness (QED) is 0.541. The third kappa shape index (κ3) is 4.26. The van der Waals surface area contributed by atoms with Crippen molar-refractivity contribution in [3.8, 4) is 0 Å². The monoisotopic (exact) mass is 337 g/mol. The lowest BCUT2D eigenvalue weighted by atomic mass is 10.2. The van der Waals surface area contributed by atoms with Gasteiger partial charge in [-0.1, -0.05) is 6.07 Å². The summed E-state index contributed by atoms with van der Waals surface area (Å²) in [6, 6.07) is 10.2. The number of nitrogens with one attached hydrogen (secondary N) is 4. The summed E-state index contributed by atoms with van der Waals surface area (Å²) >= 11 is 0. The van der Waals surface area contributed by atoms with E-state index in [1.807, 2.05) is 44.2 Å². The standard InChI is InChI=1S/C18H23N7/c1-11(2)20-14-6-5-7-15(10-14)21-18-19-9-8-16(23-18)22-17-12(3)13(4)24-25-17/h5-11,20H,1-4H3,(H3,19,21,22,23,24,25). The van der Waals surface area contributed by atoms with Crippen LogP contribution in [0.3, 0.4) is 0 Å². The van der Waals surface area contributed by atoms with Crippen LogP contribution in [-0.2, 0) is 0 Å². The Morgan fingerprint density at radius 2 is 1.84 bits per heavy atom. The van der Waals surface area contributed by atoms with Gasteiger partial charge < -0.3 is 16.0 Å². The summed E-state index contributed by atoms with van der Waals surface area (Å²) in [6.45, 7) is 8.19. The van der Waals surface area contributed by atoms with Crippen molar-refractivity contribution in [3.05, 3.63) is 47.8 Å². The molecule has 3 aromatic rings. The summed E-state index contributed by atoms with van der Waals surface area (Å²) < 4.78 is 0. The highest BCUT2D eigenvalue weighted by Gasteiger charge is 2.07. The van der Waals surface area contributed by atoms with E-state index < -0.39 is 0 Å². The van der Waals surface area contributed by atoms with E-state index in [1.165, 1.54) is 0 Å². The first-order chi connectivity index (χ1) is 12.0. The molecule has 2 heterocycles. The van der Waals surface area contributed by atoms with Crippen LogP contribution in [0.2, 0.25) is 0 Å². The first-order valence-electron chi connectivity index (χ1n) is 8.26. The molecule has 4 N–H and O–H groups in total. The predicted molar refractivity (Wildman–Crippen MR) is 102 cm³/mol. The summed E-state index contributed by atoms with van der Waals surface area (Å²) in [5.74, 6) is 2.06. The molecule has 0 amide bonds. The third-order valence-electron chi connectivity index (χ3n) is 3.74. The zero-order valence-corrected chi connectivity index (χ0v) is 14.9. The lowest BCUT2D eigenvalue weighted by Crippen LogP contribution is -2.09. The molecule has 0 radical (unpaired) electrons. The molecule has 0 bridgehead atoms. The molecule has 0 aliphatic heterocycles. The van der Waals surface area contributed by atoms with Crippen LogP contribution in [0.25, 0.3) is 0 Å². The molecule has 0 aliphatic rings. The molecule has 0 fully saturated rings. The molecule has 1 aromatic carbocycles. The number of nitrogens with zero attached hydrogens (tertiary/aromatic N) is 3. The van der Waals surface area contributed by atoms with E-state index >= 15 is 0 Å². The van der Waals surface area contributed by atoms with Crippen LogP contribution in [0.1, 0.15) is 25.1 Å². The number of aromatic nitrogens is 4. The first-order valence-corrected chi connectivity index (χ1v) is 8.26. The highest BCUT2D eigenvalue weighted by molar-refractivity contribution is 5.63. The van der Waals surface area contributed by atoms with Crippen molar-refractivity contribution in [2.45, 2.75) is 33.7 Å². The molecule has 0 unspecified atom stereocenters. The van der Waals surface area contributed by atoms with Crippen molar-refractivity contribution in [1.82, 2.24) is 20.2 Å². The van der Waals surface area contributed by atoms with Gasteiger partial charge in [-0.25, -0.2) is 4.98 Å². The number of aryl methyl sites for hydroxylation is 1. The second kappa shape index (κ2) is 7.21. The molecule has 130 valence electrons. The van der Waals surface area contributed by atoms with Crippen molar-refractivity contribution in [2.75, 3.05) is 16.0 Å². The summed E-state index contributed by atoms with van der Waals surface area (Å²) in [4.78, 5) is 8.79. The first kappa shape index (κ1) is 16.8. The van der Waals surface area contributed by atoms with Gasteiger partial charge in [-0.3, -0.25) is 5.10 Å². The molecule has 7 nitrogen and oxygen atoms in total. The molecule has 0 saturated carbocycles. The fraction of sp³-hybridized carbons (Fsp3) is 0.278. The minimum Gasteiger partial charge on any atom is -0.383 e. The lowest BCUT2D eigenvalue weighted by molar-refractivity contribution is 0.900. The number of hydrogen-bond acceptors (Lipinski definition) is 6. The summed E-state index contributed by atoms with van der Waals surface area (Å²) in [5.41, 5.74) is 4.01. The summed E-state index contributed by atoms with van der Waals surface area (Å²) in [5, 5.41) is 17.0. The van der Waals surface area contributed by atoms with Crippen LogP contribution in [0.4, 0.5) is 29.0 Å². The molecule has 0 aliphatic carbocycles. The van der Waals surface area contributed by atoms with E-state index in [2.05, 4.69) is 50.0 Å². The van der Waals surface area contributed by atoms with Gasteiger partial charge in [-0.15, -0.1) is 0 Å². The second-order valence-corrected chi connectivity index (χ2v) is 6.20. The maximum Gasteiger partial charge on any atom is 0.229 e. The molecule has 2 aromatic heterocycles. The van der Waals surface area contributed by atoms with Gasteiger partial charge in [0.05, 0.1) is 5.69 Å². The van der Waals surface area contributed by atoms with Gasteiger partial charge >= 0.3 is 0 Å². The van der Waals surface area contributed by atoms with E-state index in [9.17, 15) is 0 Å². The molecule has 0 atom stereocenters. The van der Waals surface area contributed by atoms with E-state index in [1.54, 1.807) is 6.20 Å². The maximum absolute atomic E-state index is 4.50. The SMILES string of the molecule is Cc1n[nH]c(Nc2ccnc(Nc3cccc(NC(C)C)c3)n2)c1C. The Hall–Kier alpha value is -3.09. The van der Waals surface area contributed by atoms with Crippen LogP contribution in [0.15, 0.2) is 36.5 Å². The normalized spacial score (nSPS) is 10.8. The zero-order chi connectivity index (χ0) is 17.8. The fourth-order valence-corrected chi connectivity index (χ4v) is 2.38. The highest BCUT2D eigenvalue weighted by atomic mass is 15.2.